The number of likely N-dealkylation sites (tertiary alicyclic amines) is 2. The minimum Gasteiger partial charge on any atom is -0.341 e. The van der Waals surface area contributed by atoms with Gasteiger partial charge in [-0.2, -0.15) is 0 Å². The smallest absolute Gasteiger partial charge is 0.224 e. The molecule has 0 aliphatic carbocycles. The van der Waals surface area contributed by atoms with Gasteiger partial charge in [-0.25, -0.2) is 0 Å². The van der Waals surface area contributed by atoms with Crippen LogP contribution >= 0.6 is 0 Å². The van der Waals surface area contributed by atoms with Gasteiger partial charge < -0.3 is 10.6 Å². The monoisotopic (exact) mass is 301 g/mol. The zero-order valence-corrected chi connectivity index (χ0v) is 13.3. The van der Waals surface area contributed by atoms with Crippen molar-refractivity contribution in [2.45, 2.75) is 44.2 Å². The van der Waals surface area contributed by atoms with Crippen molar-refractivity contribution in [3.8, 4) is 0 Å². The van der Waals surface area contributed by atoms with Crippen molar-refractivity contribution >= 4 is 5.91 Å². The number of hydrogen-bond acceptors (Lipinski definition) is 3. The first-order valence-corrected chi connectivity index (χ1v) is 8.56. The maximum Gasteiger partial charge on any atom is 0.224 e. The molecule has 120 valence electrons. The summed E-state index contributed by atoms with van der Waals surface area (Å²) in [6.07, 6.45) is 5.38. The van der Waals surface area contributed by atoms with E-state index in [0.717, 1.165) is 25.1 Å². The van der Waals surface area contributed by atoms with Crippen molar-refractivity contribution in [1.29, 1.82) is 0 Å². The zero-order chi connectivity index (χ0) is 15.4. The van der Waals surface area contributed by atoms with Crippen LogP contribution in [0.5, 0.6) is 0 Å². The molecule has 2 N–H and O–H groups in total. The molecule has 0 spiro atoms. The normalized spacial score (nSPS) is 24.4. The SMILES string of the molecule is NC(CC(=O)N1CCCC(N2CCCC2)C1)c1ccccc1. The van der Waals surface area contributed by atoms with Crippen LogP contribution in [0.3, 0.4) is 0 Å². The van der Waals surface area contributed by atoms with Gasteiger partial charge in [0.1, 0.15) is 0 Å². The van der Waals surface area contributed by atoms with Gasteiger partial charge in [0.25, 0.3) is 0 Å². The van der Waals surface area contributed by atoms with E-state index in [4.69, 9.17) is 5.73 Å². The number of carbonyl (C=O) groups excluding carboxylic acids is 1. The Labute approximate surface area is 133 Å². The summed E-state index contributed by atoms with van der Waals surface area (Å²) < 4.78 is 0. The van der Waals surface area contributed by atoms with Crippen LogP contribution in [0.4, 0.5) is 0 Å². The van der Waals surface area contributed by atoms with Gasteiger partial charge in [0, 0.05) is 31.6 Å². The van der Waals surface area contributed by atoms with Gasteiger partial charge in [0.2, 0.25) is 5.91 Å². The highest BCUT2D eigenvalue weighted by molar-refractivity contribution is 5.77. The van der Waals surface area contributed by atoms with E-state index in [-0.39, 0.29) is 11.9 Å². The topological polar surface area (TPSA) is 49.6 Å². The van der Waals surface area contributed by atoms with Crippen LogP contribution < -0.4 is 5.73 Å². The third-order valence-corrected chi connectivity index (χ3v) is 5.03. The van der Waals surface area contributed by atoms with Crippen molar-refractivity contribution < 1.29 is 4.79 Å². The van der Waals surface area contributed by atoms with Crippen molar-refractivity contribution in [2.24, 2.45) is 5.73 Å². The van der Waals surface area contributed by atoms with E-state index in [1.54, 1.807) is 0 Å². The Balaban J connectivity index is 1.55. The molecule has 2 aliphatic heterocycles. The van der Waals surface area contributed by atoms with E-state index >= 15 is 0 Å². The number of benzene rings is 1. The summed E-state index contributed by atoms with van der Waals surface area (Å²) in [5.74, 6) is 0.209. The lowest BCUT2D eigenvalue weighted by molar-refractivity contribution is -0.133. The molecule has 3 rings (SSSR count). The van der Waals surface area contributed by atoms with Crippen molar-refractivity contribution in [3.63, 3.8) is 0 Å². The predicted octanol–water partition coefficient (Wildman–Crippen LogP) is 2.16. The molecule has 2 unspecified atom stereocenters. The van der Waals surface area contributed by atoms with Crippen molar-refractivity contribution in [3.05, 3.63) is 35.9 Å². The van der Waals surface area contributed by atoms with E-state index < -0.39 is 0 Å². The summed E-state index contributed by atoms with van der Waals surface area (Å²) in [5.41, 5.74) is 7.25. The Bertz CT molecular complexity index is 484. The lowest BCUT2D eigenvalue weighted by Gasteiger charge is -2.38. The molecule has 2 heterocycles. The Morgan fingerprint density at radius 1 is 1.14 bits per heavy atom. The van der Waals surface area contributed by atoms with E-state index in [2.05, 4.69) is 4.90 Å². The molecule has 0 aromatic heterocycles. The molecular weight excluding hydrogens is 274 g/mol. The summed E-state index contributed by atoms with van der Waals surface area (Å²) in [7, 11) is 0. The molecule has 1 amide bonds. The molecule has 22 heavy (non-hydrogen) atoms. The number of piperidine rings is 1. The molecular formula is C18H27N3O. The second-order valence-corrected chi connectivity index (χ2v) is 6.60. The van der Waals surface area contributed by atoms with Gasteiger partial charge in [-0.15, -0.1) is 0 Å². The molecule has 1 aromatic carbocycles. The lowest BCUT2D eigenvalue weighted by Crippen LogP contribution is -2.49. The second-order valence-electron chi connectivity index (χ2n) is 6.60. The molecule has 2 saturated heterocycles. The average Bonchev–Trinajstić information content (AvgIpc) is 3.10. The summed E-state index contributed by atoms with van der Waals surface area (Å²) in [6.45, 7) is 4.19. The van der Waals surface area contributed by atoms with Crippen LogP contribution in [0.2, 0.25) is 0 Å². The molecule has 4 heteroatoms. The van der Waals surface area contributed by atoms with E-state index in [1.807, 2.05) is 35.2 Å². The standard InChI is InChI=1S/C18H27N3O/c19-17(15-7-2-1-3-8-15)13-18(22)21-12-6-9-16(14-21)20-10-4-5-11-20/h1-3,7-8,16-17H,4-6,9-14,19H2. The lowest BCUT2D eigenvalue weighted by atomic mass is 10.0. The summed E-state index contributed by atoms with van der Waals surface area (Å²) in [6, 6.07) is 10.3. The van der Waals surface area contributed by atoms with Crippen molar-refractivity contribution in [1.82, 2.24) is 9.80 Å². The molecule has 2 aliphatic rings. The van der Waals surface area contributed by atoms with Gasteiger partial charge >= 0.3 is 0 Å². The first-order valence-electron chi connectivity index (χ1n) is 8.56. The molecule has 0 bridgehead atoms. The summed E-state index contributed by atoms with van der Waals surface area (Å²) in [4.78, 5) is 17.2. The van der Waals surface area contributed by atoms with E-state index in [1.165, 1.54) is 32.4 Å². The Kier molecular flexibility index (Phi) is 5.11. The van der Waals surface area contributed by atoms with Crippen LogP contribution in [0.15, 0.2) is 30.3 Å². The highest BCUT2D eigenvalue weighted by Gasteiger charge is 2.29. The highest BCUT2D eigenvalue weighted by Crippen LogP contribution is 2.22. The number of rotatable bonds is 4. The van der Waals surface area contributed by atoms with Gasteiger partial charge in [0.05, 0.1) is 0 Å². The quantitative estimate of drug-likeness (QED) is 0.927. The number of nitrogens with two attached hydrogens (primary N) is 1. The number of hydrogen-bond donors (Lipinski definition) is 1. The molecule has 0 saturated carbocycles. The molecule has 0 radical (unpaired) electrons. The largest absolute Gasteiger partial charge is 0.341 e. The fourth-order valence-corrected chi connectivity index (χ4v) is 3.72. The zero-order valence-electron chi connectivity index (χ0n) is 13.3. The molecule has 2 atom stereocenters. The third kappa shape index (κ3) is 3.68. The molecule has 2 fully saturated rings. The minimum atomic E-state index is -0.194. The van der Waals surface area contributed by atoms with Crippen LogP contribution in [0.25, 0.3) is 0 Å². The minimum absolute atomic E-state index is 0.194. The molecule has 1 aromatic rings. The van der Waals surface area contributed by atoms with Gasteiger partial charge in [-0.1, -0.05) is 30.3 Å². The average molecular weight is 301 g/mol. The van der Waals surface area contributed by atoms with Crippen molar-refractivity contribution in [2.75, 3.05) is 26.2 Å². The Morgan fingerprint density at radius 3 is 2.59 bits per heavy atom. The van der Waals surface area contributed by atoms with E-state index in [9.17, 15) is 4.79 Å². The van der Waals surface area contributed by atoms with Crippen LogP contribution in [0, 0.1) is 0 Å². The van der Waals surface area contributed by atoms with Crippen LogP contribution in [0.1, 0.15) is 43.7 Å². The Morgan fingerprint density at radius 2 is 1.86 bits per heavy atom. The second kappa shape index (κ2) is 7.25. The van der Waals surface area contributed by atoms with E-state index in [0.29, 0.717) is 12.5 Å². The predicted molar refractivity (Wildman–Crippen MR) is 88.4 cm³/mol. The number of amides is 1. The van der Waals surface area contributed by atoms with Gasteiger partial charge in [-0.05, 0) is 44.3 Å². The fraction of sp³-hybridized carbons (Fsp3) is 0.611. The summed E-state index contributed by atoms with van der Waals surface area (Å²) >= 11 is 0. The maximum atomic E-state index is 12.6. The highest BCUT2D eigenvalue weighted by atomic mass is 16.2. The van der Waals surface area contributed by atoms with Gasteiger partial charge in [-0.3, -0.25) is 9.69 Å². The number of carbonyl (C=O) groups is 1. The first kappa shape index (κ1) is 15.5. The van der Waals surface area contributed by atoms with Crippen LogP contribution in [-0.4, -0.2) is 47.9 Å². The summed E-state index contributed by atoms with van der Waals surface area (Å²) in [5, 5.41) is 0. The fourth-order valence-electron chi connectivity index (χ4n) is 3.72. The molecule has 4 nitrogen and oxygen atoms in total. The van der Waals surface area contributed by atoms with Crippen LogP contribution in [-0.2, 0) is 4.79 Å². The van der Waals surface area contributed by atoms with Gasteiger partial charge in [0.15, 0.2) is 0 Å². The Hall–Kier alpha value is -1.39. The third-order valence-electron chi connectivity index (χ3n) is 5.03. The maximum absolute atomic E-state index is 12.6. The first-order chi connectivity index (χ1) is 10.7. The number of nitrogens with zero attached hydrogens (tertiary/aromatic N) is 2.